The average molecular weight is 248 g/mol. The fraction of sp³-hybridized carbons (Fsp3) is 0.500. The van der Waals surface area contributed by atoms with E-state index in [9.17, 15) is 4.79 Å². The number of para-hydroxylation sites is 1. The molecular formula is C14H20N2O2. The quantitative estimate of drug-likeness (QED) is 0.894. The SMILES string of the molecule is CCOc1cccc2c1NC(=O)C(C)(C)N2CC. The van der Waals surface area contributed by atoms with Gasteiger partial charge in [-0.25, -0.2) is 0 Å². The Morgan fingerprint density at radius 1 is 1.33 bits per heavy atom. The third-order valence-corrected chi connectivity index (χ3v) is 3.38. The summed E-state index contributed by atoms with van der Waals surface area (Å²) in [5.41, 5.74) is 1.27. The van der Waals surface area contributed by atoms with E-state index in [1.807, 2.05) is 39.0 Å². The van der Waals surface area contributed by atoms with Crippen LogP contribution in [0.4, 0.5) is 11.4 Å². The number of ether oxygens (including phenoxy) is 1. The molecule has 0 spiro atoms. The van der Waals surface area contributed by atoms with E-state index >= 15 is 0 Å². The van der Waals surface area contributed by atoms with Gasteiger partial charge in [0, 0.05) is 6.54 Å². The molecule has 0 unspecified atom stereocenters. The first-order chi connectivity index (χ1) is 8.52. The number of carbonyl (C=O) groups is 1. The number of hydrogen-bond acceptors (Lipinski definition) is 3. The molecule has 1 aromatic rings. The second-order valence-corrected chi connectivity index (χ2v) is 4.84. The summed E-state index contributed by atoms with van der Waals surface area (Å²) in [6, 6.07) is 5.86. The summed E-state index contributed by atoms with van der Waals surface area (Å²) in [5, 5.41) is 2.96. The number of carbonyl (C=O) groups excluding carboxylic acids is 1. The summed E-state index contributed by atoms with van der Waals surface area (Å²) in [4.78, 5) is 14.3. The number of benzene rings is 1. The number of anilines is 2. The van der Waals surface area contributed by atoms with Crippen molar-refractivity contribution < 1.29 is 9.53 Å². The predicted molar refractivity (Wildman–Crippen MR) is 73.3 cm³/mol. The average Bonchev–Trinajstić information content (AvgIpc) is 2.32. The van der Waals surface area contributed by atoms with Crippen LogP contribution in [-0.2, 0) is 4.79 Å². The number of amides is 1. The lowest BCUT2D eigenvalue weighted by atomic mass is 9.96. The second-order valence-electron chi connectivity index (χ2n) is 4.84. The topological polar surface area (TPSA) is 41.6 Å². The summed E-state index contributed by atoms with van der Waals surface area (Å²) in [7, 11) is 0. The van der Waals surface area contributed by atoms with Crippen LogP contribution in [0.3, 0.4) is 0 Å². The van der Waals surface area contributed by atoms with E-state index in [-0.39, 0.29) is 5.91 Å². The zero-order valence-corrected chi connectivity index (χ0v) is 11.4. The summed E-state index contributed by atoms with van der Waals surface area (Å²) in [6.45, 7) is 9.22. The molecule has 1 aromatic carbocycles. The summed E-state index contributed by atoms with van der Waals surface area (Å²) in [6.07, 6.45) is 0. The van der Waals surface area contributed by atoms with Crippen LogP contribution in [0.5, 0.6) is 5.75 Å². The molecule has 18 heavy (non-hydrogen) atoms. The number of likely N-dealkylation sites (N-methyl/N-ethyl adjacent to an activating group) is 1. The van der Waals surface area contributed by atoms with Gasteiger partial charge in [0.25, 0.3) is 0 Å². The van der Waals surface area contributed by atoms with E-state index in [1.54, 1.807) is 0 Å². The highest BCUT2D eigenvalue weighted by atomic mass is 16.5. The Morgan fingerprint density at radius 3 is 2.67 bits per heavy atom. The number of nitrogens with zero attached hydrogens (tertiary/aromatic N) is 1. The molecule has 0 radical (unpaired) electrons. The van der Waals surface area contributed by atoms with Gasteiger partial charge in [0.1, 0.15) is 17.0 Å². The molecule has 4 nitrogen and oxygen atoms in total. The van der Waals surface area contributed by atoms with Crippen molar-refractivity contribution in [3.8, 4) is 5.75 Å². The van der Waals surface area contributed by atoms with Gasteiger partial charge in [-0.3, -0.25) is 4.79 Å². The Kier molecular flexibility index (Phi) is 3.20. The van der Waals surface area contributed by atoms with Crippen molar-refractivity contribution in [3.05, 3.63) is 18.2 Å². The first-order valence-electron chi connectivity index (χ1n) is 6.37. The zero-order valence-electron chi connectivity index (χ0n) is 11.4. The van der Waals surface area contributed by atoms with Gasteiger partial charge in [-0.2, -0.15) is 0 Å². The fourth-order valence-electron chi connectivity index (χ4n) is 2.40. The second kappa shape index (κ2) is 4.52. The summed E-state index contributed by atoms with van der Waals surface area (Å²) in [5.74, 6) is 0.737. The molecule has 0 aromatic heterocycles. The number of fused-ring (bicyclic) bond motifs is 1. The van der Waals surface area contributed by atoms with Crippen LogP contribution in [0.1, 0.15) is 27.7 Å². The maximum absolute atomic E-state index is 12.2. The van der Waals surface area contributed by atoms with Crippen molar-refractivity contribution in [2.75, 3.05) is 23.4 Å². The molecule has 1 amide bonds. The molecule has 1 N–H and O–H groups in total. The molecule has 0 saturated carbocycles. The number of rotatable bonds is 3. The highest BCUT2D eigenvalue weighted by molar-refractivity contribution is 6.07. The monoisotopic (exact) mass is 248 g/mol. The normalized spacial score (nSPS) is 17.1. The van der Waals surface area contributed by atoms with Gasteiger partial charge in [0.2, 0.25) is 5.91 Å². The van der Waals surface area contributed by atoms with Gasteiger partial charge < -0.3 is 15.0 Å². The van der Waals surface area contributed by atoms with Gasteiger partial charge in [0.15, 0.2) is 0 Å². The molecule has 98 valence electrons. The Morgan fingerprint density at radius 2 is 2.06 bits per heavy atom. The van der Waals surface area contributed by atoms with Crippen LogP contribution in [0.25, 0.3) is 0 Å². The van der Waals surface area contributed by atoms with E-state index in [0.717, 1.165) is 23.7 Å². The molecule has 4 heteroatoms. The van der Waals surface area contributed by atoms with Crippen molar-refractivity contribution in [2.24, 2.45) is 0 Å². The van der Waals surface area contributed by atoms with Gasteiger partial charge in [0.05, 0.1) is 12.3 Å². The molecule has 1 aliphatic heterocycles. The molecule has 0 fully saturated rings. The van der Waals surface area contributed by atoms with Crippen molar-refractivity contribution in [3.63, 3.8) is 0 Å². The Bertz CT molecular complexity index is 469. The van der Waals surface area contributed by atoms with Crippen LogP contribution in [0, 0.1) is 0 Å². The molecule has 1 aliphatic rings. The predicted octanol–water partition coefficient (Wildman–Crippen LogP) is 2.64. The molecule has 2 rings (SSSR count). The van der Waals surface area contributed by atoms with Crippen molar-refractivity contribution in [1.82, 2.24) is 0 Å². The number of nitrogens with one attached hydrogen (secondary N) is 1. The van der Waals surface area contributed by atoms with Gasteiger partial charge >= 0.3 is 0 Å². The van der Waals surface area contributed by atoms with Crippen LogP contribution < -0.4 is 15.0 Å². The molecule has 0 aliphatic carbocycles. The maximum atomic E-state index is 12.2. The van der Waals surface area contributed by atoms with Crippen LogP contribution in [-0.4, -0.2) is 24.6 Å². The lowest BCUT2D eigenvalue weighted by Crippen LogP contribution is -2.56. The molecular weight excluding hydrogens is 228 g/mol. The molecule has 1 heterocycles. The lowest BCUT2D eigenvalue weighted by Gasteiger charge is -2.43. The third-order valence-electron chi connectivity index (χ3n) is 3.38. The highest BCUT2D eigenvalue weighted by Crippen LogP contribution is 2.42. The summed E-state index contributed by atoms with van der Waals surface area (Å²) < 4.78 is 5.57. The number of hydrogen-bond donors (Lipinski definition) is 1. The van der Waals surface area contributed by atoms with Gasteiger partial charge in [-0.1, -0.05) is 6.07 Å². The van der Waals surface area contributed by atoms with Crippen molar-refractivity contribution in [1.29, 1.82) is 0 Å². The lowest BCUT2D eigenvalue weighted by molar-refractivity contribution is -0.120. The Balaban J connectivity index is 2.54. The van der Waals surface area contributed by atoms with Crippen LogP contribution >= 0.6 is 0 Å². The minimum Gasteiger partial charge on any atom is -0.492 e. The molecule has 0 bridgehead atoms. The molecule has 0 saturated heterocycles. The highest BCUT2D eigenvalue weighted by Gasteiger charge is 2.40. The van der Waals surface area contributed by atoms with Crippen LogP contribution in [0.15, 0.2) is 18.2 Å². The van der Waals surface area contributed by atoms with Crippen molar-refractivity contribution >= 4 is 17.3 Å². The van der Waals surface area contributed by atoms with Gasteiger partial charge in [-0.15, -0.1) is 0 Å². The van der Waals surface area contributed by atoms with E-state index in [4.69, 9.17) is 4.74 Å². The first-order valence-corrected chi connectivity index (χ1v) is 6.37. The summed E-state index contributed by atoms with van der Waals surface area (Å²) >= 11 is 0. The fourth-order valence-corrected chi connectivity index (χ4v) is 2.40. The van der Waals surface area contributed by atoms with E-state index in [2.05, 4.69) is 17.1 Å². The zero-order chi connectivity index (χ0) is 13.3. The largest absolute Gasteiger partial charge is 0.492 e. The van der Waals surface area contributed by atoms with Crippen molar-refractivity contribution in [2.45, 2.75) is 33.2 Å². The minimum absolute atomic E-state index is 0.00371. The standard InChI is InChI=1S/C14H20N2O2/c1-5-16-10-8-7-9-11(18-6-2)12(10)15-13(17)14(16,3)4/h7-9H,5-6H2,1-4H3,(H,15,17). The van der Waals surface area contributed by atoms with Gasteiger partial charge in [-0.05, 0) is 39.8 Å². The Labute approximate surface area is 108 Å². The van der Waals surface area contributed by atoms with E-state index < -0.39 is 5.54 Å². The van der Waals surface area contributed by atoms with E-state index in [1.165, 1.54) is 0 Å². The third kappa shape index (κ3) is 1.82. The Hall–Kier alpha value is -1.71. The maximum Gasteiger partial charge on any atom is 0.249 e. The smallest absolute Gasteiger partial charge is 0.249 e. The molecule has 0 atom stereocenters. The first kappa shape index (κ1) is 12.7. The van der Waals surface area contributed by atoms with E-state index in [0.29, 0.717) is 6.61 Å². The van der Waals surface area contributed by atoms with Crippen LogP contribution in [0.2, 0.25) is 0 Å². The minimum atomic E-state index is -0.535.